The number of nitrogens with one attached hydrogen (secondary N) is 1. The Hall–Kier alpha value is -3.06. The van der Waals surface area contributed by atoms with Gasteiger partial charge in [0, 0.05) is 34.7 Å². The third-order valence-electron chi connectivity index (χ3n) is 4.13. The van der Waals surface area contributed by atoms with Crippen LogP contribution in [0.4, 0.5) is 5.69 Å². The summed E-state index contributed by atoms with van der Waals surface area (Å²) < 4.78 is 0. The molecule has 0 unspecified atom stereocenters. The van der Waals surface area contributed by atoms with Crippen molar-refractivity contribution < 1.29 is 14.4 Å². The van der Waals surface area contributed by atoms with Crippen molar-refractivity contribution in [3.8, 4) is 0 Å². The quantitative estimate of drug-likeness (QED) is 0.721. The Balaban J connectivity index is 1.61. The van der Waals surface area contributed by atoms with Crippen molar-refractivity contribution in [2.75, 3.05) is 17.6 Å². The first-order chi connectivity index (χ1) is 13.0. The van der Waals surface area contributed by atoms with Gasteiger partial charge in [-0.25, -0.2) is 0 Å². The highest BCUT2D eigenvalue weighted by Gasteiger charge is 2.30. The van der Waals surface area contributed by atoms with E-state index in [2.05, 4.69) is 11.9 Å². The van der Waals surface area contributed by atoms with Crippen molar-refractivity contribution in [1.82, 2.24) is 4.90 Å². The summed E-state index contributed by atoms with van der Waals surface area (Å²) in [7, 11) is 0. The Labute approximate surface area is 161 Å². The Kier molecular flexibility index (Phi) is 5.61. The SMILES string of the molecule is C=C1c2ccccc2C(=O)N1CCC(=O)Nc1ccccc1SCC(N)=O. The molecule has 0 saturated carbocycles. The molecule has 0 bridgehead atoms. The number of primary amides is 1. The monoisotopic (exact) mass is 381 g/mol. The van der Waals surface area contributed by atoms with Crippen LogP contribution in [0, 0.1) is 0 Å². The lowest BCUT2D eigenvalue weighted by Gasteiger charge is -2.17. The summed E-state index contributed by atoms with van der Waals surface area (Å²) in [5.41, 5.74) is 7.81. The van der Waals surface area contributed by atoms with Crippen molar-refractivity contribution in [2.45, 2.75) is 11.3 Å². The van der Waals surface area contributed by atoms with E-state index in [0.717, 1.165) is 10.5 Å². The molecule has 1 aliphatic heterocycles. The van der Waals surface area contributed by atoms with Crippen LogP contribution >= 0.6 is 11.8 Å². The van der Waals surface area contributed by atoms with Gasteiger partial charge >= 0.3 is 0 Å². The standard InChI is InChI=1S/C20H19N3O3S/c1-13-14-6-2-3-7-15(14)20(26)23(13)11-10-19(25)22-16-8-4-5-9-17(16)27-12-18(21)24/h2-9H,1,10-12H2,(H2,21,24)(H,22,25). The predicted molar refractivity (Wildman–Crippen MR) is 106 cm³/mol. The van der Waals surface area contributed by atoms with Crippen LogP contribution in [-0.4, -0.2) is 34.9 Å². The largest absolute Gasteiger partial charge is 0.369 e. The number of para-hydroxylation sites is 1. The molecule has 0 atom stereocenters. The second kappa shape index (κ2) is 8.09. The van der Waals surface area contributed by atoms with Crippen LogP contribution in [0.1, 0.15) is 22.3 Å². The first kappa shape index (κ1) is 18.7. The third kappa shape index (κ3) is 4.20. The van der Waals surface area contributed by atoms with Gasteiger partial charge in [0.1, 0.15) is 0 Å². The molecular weight excluding hydrogens is 362 g/mol. The smallest absolute Gasteiger partial charge is 0.258 e. The van der Waals surface area contributed by atoms with E-state index >= 15 is 0 Å². The van der Waals surface area contributed by atoms with Crippen LogP contribution in [0.25, 0.3) is 5.70 Å². The maximum atomic E-state index is 12.5. The van der Waals surface area contributed by atoms with E-state index in [1.807, 2.05) is 24.3 Å². The molecule has 138 valence electrons. The third-order valence-corrected chi connectivity index (χ3v) is 5.23. The summed E-state index contributed by atoms with van der Waals surface area (Å²) in [6.07, 6.45) is 0.133. The Bertz CT molecular complexity index is 891. The van der Waals surface area contributed by atoms with E-state index in [4.69, 9.17) is 5.73 Å². The second-order valence-electron chi connectivity index (χ2n) is 6.00. The van der Waals surface area contributed by atoms with E-state index in [-0.39, 0.29) is 30.5 Å². The number of carbonyl (C=O) groups is 3. The van der Waals surface area contributed by atoms with Crippen LogP contribution in [0.5, 0.6) is 0 Å². The number of amides is 3. The van der Waals surface area contributed by atoms with Crippen molar-refractivity contribution in [2.24, 2.45) is 5.73 Å². The molecule has 0 aromatic heterocycles. The minimum atomic E-state index is -0.424. The molecule has 1 aliphatic rings. The molecule has 3 rings (SSSR count). The molecule has 6 nitrogen and oxygen atoms in total. The lowest BCUT2D eigenvalue weighted by atomic mass is 10.1. The average Bonchev–Trinajstić information content (AvgIpc) is 2.90. The average molecular weight is 381 g/mol. The van der Waals surface area contributed by atoms with Gasteiger partial charge in [0.2, 0.25) is 11.8 Å². The summed E-state index contributed by atoms with van der Waals surface area (Å²) in [6.45, 7) is 4.22. The normalized spacial score (nSPS) is 12.8. The topological polar surface area (TPSA) is 92.5 Å². The molecule has 1 heterocycles. The summed E-state index contributed by atoms with van der Waals surface area (Å²) in [5, 5.41) is 2.83. The maximum Gasteiger partial charge on any atom is 0.258 e. The maximum absolute atomic E-state index is 12.5. The molecule has 0 fully saturated rings. The number of benzene rings is 2. The van der Waals surface area contributed by atoms with Crippen molar-refractivity contribution in [3.63, 3.8) is 0 Å². The van der Waals surface area contributed by atoms with Gasteiger partial charge in [-0.15, -0.1) is 11.8 Å². The first-order valence-electron chi connectivity index (χ1n) is 8.37. The van der Waals surface area contributed by atoms with Gasteiger partial charge in [-0.2, -0.15) is 0 Å². The molecule has 0 radical (unpaired) electrons. The zero-order chi connectivity index (χ0) is 19.4. The molecular formula is C20H19N3O3S. The van der Waals surface area contributed by atoms with Gasteiger partial charge in [0.15, 0.2) is 0 Å². The van der Waals surface area contributed by atoms with Crippen molar-refractivity contribution >= 4 is 40.9 Å². The molecule has 0 spiro atoms. The molecule has 0 aliphatic carbocycles. The highest BCUT2D eigenvalue weighted by atomic mass is 32.2. The van der Waals surface area contributed by atoms with E-state index in [1.165, 1.54) is 16.7 Å². The highest BCUT2D eigenvalue weighted by Crippen LogP contribution is 2.31. The first-order valence-corrected chi connectivity index (χ1v) is 9.36. The van der Waals surface area contributed by atoms with Crippen molar-refractivity contribution in [1.29, 1.82) is 0 Å². The van der Waals surface area contributed by atoms with Crippen LogP contribution in [0.3, 0.4) is 0 Å². The van der Waals surface area contributed by atoms with Crippen molar-refractivity contribution in [3.05, 3.63) is 66.2 Å². The van der Waals surface area contributed by atoms with E-state index in [0.29, 0.717) is 16.9 Å². The fourth-order valence-electron chi connectivity index (χ4n) is 2.84. The molecule has 3 amide bonds. The van der Waals surface area contributed by atoms with Gasteiger partial charge in [-0.1, -0.05) is 36.9 Å². The number of hydrogen-bond donors (Lipinski definition) is 2. The number of thioether (sulfide) groups is 1. The lowest BCUT2D eigenvalue weighted by molar-refractivity contribution is -0.116. The number of nitrogens with zero attached hydrogens (tertiary/aromatic N) is 1. The van der Waals surface area contributed by atoms with Crippen LogP contribution in [-0.2, 0) is 9.59 Å². The zero-order valence-electron chi connectivity index (χ0n) is 14.6. The van der Waals surface area contributed by atoms with Crippen LogP contribution < -0.4 is 11.1 Å². The van der Waals surface area contributed by atoms with Gasteiger partial charge in [0.05, 0.1) is 11.4 Å². The fraction of sp³-hybridized carbons (Fsp3) is 0.150. The van der Waals surface area contributed by atoms with E-state index in [1.54, 1.807) is 24.3 Å². The molecule has 3 N–H and O–H groups in total. The number of hydrogen-bond acceptors (Lipinski definition) is 4. The predicted octanol–water partition coefficient (Wildman–Crippen LogP) is 2.72. The number of rotatable bonds is 7. The Morgan fingerprint density at radius 1 is 1.07 bits per heavy atom. The van der Waals surface area contributed by atoms with Crippen LogP contribution in [0.2, 0.25) is 0 Å². The highest BCUT2D eigenvalue weighted by molar-refractivity contribution is 8.00. The molecule has 0 saturated heterocycles. The molecule has 2 aromatic carbocycles. The van der Waals surface area contributed by atoms with Crippen LogP contribution in [0.15, 0.2) is 60.0 Å². The summed E-state index contributed by atoms with van der Waals surface area (Å²) in [4.78, 5) is 38.1. The van der Waals surface area contributed by atoms with Gasteiger partial charge < -0.3 is 16.0 Å². The lowest BCUT2D eigenvalue weighted by Crippen LogP contribution is -2.27. The van der Waals surface area contributed by atoms with Gasteiger partial charge in [-0.05, 0) is 18.2 Å². The molecule has 2 aromatic rings. The summed E-state index contributed by atoms with van der Waals surface area (Å²) in [6, 6.07) is 14.5. The number of carbonyl (C=O) groups excluding carboxylic acids is 3. The summed E-state index contributed by atoms with van der Waals surface area (Å²) >= 11 is 1.27. The van der Waals surface area contributed by atoms with E-state index < -0.39 is 5.91 Å². The van der Waals surface area contributed by atoms with Gasteiger partial charge in [-0.3, -0.25) is 14.4 Å². The molecule has 7 heteroatoms. The van der Waals surface area contributed by atoms with E-state index in [9.17, 15) is 14.4 Å². The molecule has 27 heavy (non-hydrogen) atoms. The number of fused-ring (bicyclic) bond motifs is 1. The zero-order valence-corrected chi connectivity index (χ0v) is 15.4. The Morgan fingerprint density at radius 3 is 2.44 bits per heavy atom. The minimum absolute atomic E-state index is 0.132. The Morgan fingerprint density at radius 2 is 1.74 bits per heavy atom. The fourth-order valence-corrected chi connectivity index (χ4v) is 3.59. The van der Waals surface area contributed by atoms with Gasteiger partial charge in [0.25, 0.3) is 5.91 Å². The number of nitrogens with two attached hydrogens (primary N) is 1. The second-order valence-corrected chi connectivity index (χ2v) is 7.02. The number of anilines is 1. The minimum Gasteiger partial charge on any atom is -0.369 e. The summed E-state index contributed by atoms with van der Waals surface area (Å²) in [5.74, 6) is -0.654.